The molecule has 0 spiro atoms. The second-order valence-corrected chi connectivity index (χ2v) is 6.32. The minimum absolute atomic E-state index is 0.107. The number of rotatable bonds is 5. The van der Waals surface area contributed by atoms with Gasteiger partial charge in [-0.3, -0.25) is 4.79 Å². The van der Waals surface area contributed by atoms with Gasteiger partial charge in [0.05, 0.1) is 12.1 Å². The molecule has 7 nitrogen and oxygen atoms in total. The first-order valence-corrected chi connectivity index (χ1v) is 8.44. The molecule has 0 saturated carbocycles. The van der Waals surface area contributed by atoms with Crippen molar-refractivity contribution in [2.45, 2.75) is 19.3 Å². The average Bonchev–Trinajstić information content (AvgIpc) is 3.09. The van der Waals surface area contributed by atoms with Crippen LogP contribution in [0.25, 0.3) is 11.3 Å². The molecule has 1 saturated heterocycles. The first-order chi connectivity index (χ1) is 12.1. The number of carbonyl (C=O) groups is 2. The van der Waals surface area contributed by atoms with E-state index in [-0.39, 0.29) is 18.2 Å². The summed E-state index contributed by atoms with van der Waals surface area (Å²) < 4.78 is 5.30. The quantitative estimate of drug-likeness (QED) is 0.865. The van der Waals surface area contributed by atoms with Crippen LogP contribution in [0.2, 0.25) is 0 Å². The molecule has 0 bridgehead atoms. The van der Waals surface area contributed by atoms with Gasteiger partial charge in [-0.2, -0.15) is 0 Å². The molecular weight excluding hydrogens is 320 g/mol. The average molecular weight is 342 g/mol. The van der Waals surface area contributed by atoms with Gasteiger partial charge in [0.15, 0.2) is 5.76 Å². The molecule has 3 amide bonds. The van der Waals surface area contributed by atoms with Crippen molar-refractivity contribution in [3.63, 3.8) is 0 Å². The molecule has 1 aromatic heterocycles. The van der Waals surface area contributed by atoms with Crippen LogP contribution in [0.3, 0.4) is 0 Å². The summed E-state index contributed by atoms with van der Waals surface area (Å²) in [6.45, 7) is 1.82. The molecule has 3 N–H and O–H groups in total. The van der Waals surface area contributed by atoms with Crippen LogP contribution in [-0.2, 0) is 11.2 Å². The van der Waals surface area contributed by atoms with E-state index in [0.29, 0.717) is 31.1 Å². The van der Waals surface area contributed by atoms with E-state index >= 15 is 0 Å². The van der Waals surface area contributed by atoms with E-state index in [2.05, 4.69) is 10.5 Å². The number of nitrogens with zero attached hydrogens (tertiary/aromatic N) is 2. The second kappa shape index (κ2) is 7.83. The Bertz CT molecular complexity index is 729. The summed E-state index contributed by atoms with van der Waals surface area (Å²) in [5, 5.41) is 6.87. The number of piperidine rings is 1. The van der Waals surface area contributed by atoms with Gasteiger partial charge >= 0.3 is 6.03 Å². The van der Waals surface area contributed by atoms with Crippen LogP contribution in [0, 0.1) is 5.92 Å². The molecule has 1 aliphatic heterocycles. The van der Waals surface area contributed by atoms with E-state index in [0.717, 1.165) is 18.4 Å². The highest BCUT2D eigenvalue weighted by atomic mass is 16.5. The third-order valence-electron chi connectivity index (χ3n) is 4.38. The van der Waals surface area contributed by atoms with E-state index in [4.69, 9.17) is 10.3 Å². The van der Waals surface area contributed by atoms with Gasteiger partial charge in [0.25, 0.3) is 0 Å². The smallest absolute Gasteiger partial charge is 0.314 e. The van der Waals surface area contributed by atoms with Gasteiger partial charge in [0.2, 0.25) is 5.91 Å². The molecule has 1 unspecified atom stereocenters. The predicted octanol–water partition coefficient (Wildman–Crippen LogP) is 1.79. The van der Waals surface area contributed by atoms with E-state index in [1.54, 1.807) is 11.0 Å². The number of nitrogens with one attached hydrogen (secondary N) is 1. The van der Waals surface area contributed by atoms with Crippen LogP contribution >= 0.6 is 0 Å². The third kappa shape index (κ3) is 4.59. The number of amides is 3. The number of primary amides is 1. The molecule has 3 rings (SSSR count). The number of nitrogens with two attached hydrogens (primary N) is 1. The number of urea groups is 1. The molecule has 2 heterocycles. The van der Waals surface area contributed by atoms with Crippen LogP contribution in [0.4, 0.5) is 4.79 Å². The number of hydrogen-bond acceptors (Lipinski definition) is 4. The van der Waals surface area contributed by atoms with Crippen molar-refractivity contribution in [1.82, 2.24) is 15.4 Å². The Morgan fingerprint density at radius 1 is 1.32 bits per heavy atom. The molecule has 1 aromatic carbocycles. The highest BCUT2D eigenvalue weighted by Crippen LogP contribution is 2.20. The molecule has 7 heteroatoms. The van der Waals surface area contributed by atoms with Crippen molar-refractivity contribution < 1.29 is 14.1 Å². The van der Waals surface area contributed by atoms with Crippen molar-refractivity contribution in [3.8, 4) is 11.3 Å². The van der Waals surface area contributed by atoms with Gasteiger partial charge in [-0.25, -0.2) is 4.79 Å². The Hall–Kier alpha value is -2.83. The maximum absolute atomic E-state index is 12.1. The van der Waals surface area contributed by atoms with Gasteiger partial charge in [0.1, 0.15) is 0 Å². The molecule has 1 atom stereocenters. The number of likely N-dealkylation sites (tertiary alicyclic amines) is 1. The van der Waals surface area contributed by atoms with E-state index < -0.39 is 6.03 Å². The summed E-state index contributed by atoms with van der Waals surface area (Å²) in [6.07, 6.45) is 2.06. The normalized spacial score (nSPS) is 17.3. The van der Waals surface area contributed by atoms with Crippen LogP contribution in [-0.4, -0.2) is 41.6 Å². The Morgan fingerprint density at radius 2 is 2.12 bits per heavy atom. The summed E-state index contributed by atoms with van der Waals surface area (Å²) in [7, 11) is 0. The maximum Gasteiger partial charge on any atom is 0.314 e. The summed E-state index contributed by atoms with van der Waals surface area (Å²) in [4.78, 5) is 25.0. The van der Waals surface area contributed by atoms with E-state index in [1.807, 2.05) is 30.3 Å². The number of benzene rings is 1. The molecule has 1 aliphatic rings. The maximum atomic E-state index is 12.1. The molecule has 25 heavy (non-hydrogen) atoms. The lowest BCUT2D eigenvalue weighted by Gasteiger charge is -2.31. The van der Waals surface area contributed by atoms with Crippen molar-refractivity contribution in [3.05, 3.63) is 42.1 Å². The van der Waals surface area contributed by atoms with Crippen LogP contribution < -0.4 is 11.1 Å². The first-order valence-electron chi connectivity index (χ1n) is 8.44. The minimum Gasteiger partial charge on any atom is -0.356 e. The second-order valence-electron chi connectivity index (χ2n) is 6.32. The van der Waals surface area contributed by atoms with Gasteiger partial charge < -0.3 is 20.5 Å². The molecular formula is C18H22N4O3. The minimum atomic E-state index is -0.396. The van der Waals surface area contributed by atoms with Crippen LogP contribution in [0.5, 0.6) is 0 Å². The van der Waals surface area contributed by atoms with E-state index in [9.17, 15) is 9.59 Å². The fourth-order valence-corrected chi connectivity index (χ4v) is 3.05. The Morgan fingerprint density at radius 3 is 2.88 bits per heavy atom. The lowest BCUT2D eigenvalue weighted by molar-refractivity contribution is -0.120. The van der Waals surface area contributed by atoms with Gasteiger partial charge in [-0.15, -0.1) is 0 Å². The van der Waals surface area contributed by atoms with E-state index in [1.165, 1.54) is 0 Å². The first kappa shape index (κ1) is 17.0. The van der Waals surface area contributed by atoms with Crippen LogP contribution in [0.15, 0.2) is 40.9 Å². The number of aromatic nitrogens is 1. The van der Waals surface area contributed by atoms with Crippen molar-refractivity contribution in [1.29, 1.82) is 0 Å². The molecule has 132 valence electrons. The fourth-order valence-electron chi connectivity index (χ4n) is 3.05. The summed E-state index contributed by atoms with van der Waals surface area (Å²) in [6, 6.07) is 11.0. The Kier molecular flexibility index (Phi) is 5.33. The zero-order valence-corrected chi connectivity index (χ0v) is 14.0. The highest BCUT2D eigenvalue weighted by molar-refractivity contribution is 5.78. The molecule has 0 radical (unpaired) electrons. The largest absolute Gasteiger partial charge is 0.356 e. The lowest BCUT2D eigenvalue weighted by Crippen LogP contribution is -2.46. The van der Waals surface area contributed by atoms with Crippen molar-refractivity contribution >= 4 is 11.9 Å². The molecule has 2 aromatic rings. The van der Waals surface area contributed by atoms with Gasteiger partial charge in [-0.05, 0) is 18.8 Å². The lowest BCUT2D eigenvalue weighted by atomic mass is 9.98. The summed E-state index contributed by atoms with van der Waals surface area (Å²) in [5.41, 5.74) is 6.84. The number of carbonyl (C=O) groups excluding carboxylic acids is 2. The van der Waals surface area contributed by atoms with Crippen molar-refractivity contribution in [2.75, 3.05) is 19.6 Å². The monoisotopic (exact) mass is 342 g/mol. The zero-order valence-electron chi connectivity index (χ0n) is 14.0. The molecule has 0 aliphatic carbocycles. The zero-order chi connectivity index (χ0) is 17.6. The SMILES string of the molecule is NC(=O)N1CCCC(CNC(=O)Cc2cc(-c3ccccc3)on2)C1. The Balaban J connectivity index is 1.48. The van der Waals surface area contributed by atoms with Gasteiger partial charge in [-0.1, -0.05) is 35.5 Å². The summed E-state index contributed by atoms with van der Waals surface area (Å²) >= 11 is 0. The fraction of sp³-hybridized carbons (Fsp3) is 0.389. The Labute approximate surface area is 146 Å². The summed E-state index contributed by atoms with van der Waals surface area (Å²) in [5.74, 6) is 0.777. The molecule has 1 fully saturated rings. The van der Waals surface area contributed by atoms with Crippen molar-refractivity contribution in [2.24, 2.45) is 11.7 Å². The predicted molar refractivity (Wildman–Crippen MR) is 92.5 cm³/mol. The third-order valence-corrected chi connectivity index (χ3v) is 4.38. The standard InChI is InChI=1S/C18H22N4O3/c19-18(24)22-8-4-5-13(12-22)11-20-17(23)10-15-9-16(25-21-15)14-6-2-1-3-7-14/h1-3,6-7,9,13H,4-5,8,10-12H2,(H2,19,24)(H,20,23). The number of hydrogen-bond donors (Lipinski definition) is 2. The topological polar surface area (TPSA) is 101 Å². The highest BCUT2D eigenvalue weighted by Gasteiger charge is 2.22. The van der Waals surface area contributed by atoms with Crippen LogP contribution in [0.1, 0.15) is 18.5 Å². The van der Waals surface area contributed by atoms with Gasteiger partial charge in [0, 0.05) is 31.3 Å².